The van der Waals surface area contributed by atoms with Gasteiger partial charge in [0.05, 0.1) is 17.8 Å². The van der Waals surface area contributed by atoms with E-state index in [-0.39, 0.29) is 5.91 Å². The van der Waals surface area contributed by atoms with Crippen LogP contribution in [0.1, 0.15) is 29.8 Å². The zero-order chi connectivity index (χ0) is 15.6. The predicted octanol–water partition coefficient (Wildman–Crippen LogP) is 0.484. The van der Waals surface area contributed by atoms with Gasteiger partial charge in [-0.1, -0.05) is 0 Å². The molecule has 6 nitrogen and oxygen atoms in total. The lowest BCUT2D eigenvalue weighted by Crippen LogP contribution is -2.43. The van der Waals surface area contributed by atoms with Gasteiger partial charge in [0.25, 0.3) is 0 Å². The molecule has 1 saturated heterocycles. The summed E-state index contributed by atoms with van der Waals surface area (Å²) in [5.74, 6) is 0.115. The highest BCUT2D eigenvalue weighted by Gasteiger charge is 2.38. The number of carbonyl (C=O) groups is 1. The lowest BCUT2D eigenvalue weighted by molar-refractivity contribution is -0.131. The maximum absolute atomic E-state index is 12.3. The SMILES string of the molecule is Cc1n[nH]c(C)c1CCC(=O)N1CC[C@](O)(CN(C)C)C1. The average molecular weight is 294 g/mol. The van der Waals surface area contributed by atoms with Crippen molar-refractivity contribution in [1.82, 2.24) is 20.0 Å². The number of aromatic nitrogens is 2. The standard InChI is InChI=1S/C15H26N4O2/c1-11-13(12(2)17-16-11)5-6-14(20)19-8-7-15(21,10-19)9-18(3)4/h21H,5-10H2,1-4H3,(H,16,17)/t15-/m0/s1. The second-order valence-corrected chi connectivity index (χ2v) is 6.44. The maximum atomic E-state index is 12.3. The van der Waals surface area contributed by atoms with E-state index in [1.807, 2.05) is 32.8 Å². The second-order valence-electron chi connectivity index (χ2n) is 6.44. The number of hydrogen-bond donors (Lipinski definition) is 2. The Morgan fingerprint density at radius 3 is 2.76 bits per heavy atom. The van der Waals surface area contributed by atoms with Gasteiger partial charge in [-0.2, -0.15) is 5.10 Å². The van der Waals surface area contributed by atoms with E-state index in [2.05, 4.69) is 10.2 Å². The van der Waals surface area contributed by atoms with Gasteiger partial charge in [-0.25, -0.2) is 0 Å². The highest BCUT2D eigenvalue weighted by molar-refractivity contribution is 5.77. The third-order valence-electron chi connectivity index (χ3n) is 4.17. The minimum Gasteiger partial charge on any atom is -0.387 e. The van der Waals surface area contributed by atoms with Gasteiger partial charge in [0, 0.05) is 25.2 Å². The van der Waals surface area contributed by atoms with Crippen molar-refractivity contribution in [3.05, 3.63) is 17.0 Å². The molecule has 6 heteroatoms. The van der Waals surface area contributed by atoms with Gasteiger partial charge < -0.3 is 14.9 Å². The molecule has 0 unspecified atom stereocenters. The van der Waals surface area contributed by atoms with E-state index >= 15 is 0 Å². The van der Waals surface area contributed by atoms with Crippen molar-refractivity contribution in [2.75, 3.05) is 33.7 Å². The number of aliphatic hydroxyl groups is 1. The van der Waals surface area contributed by atoms with Crippen molar-refractivity contribution in [2.24, 2.45) is 0 Å². The van der Waals surface area contributed by atoms with Crippen LogP contribution in [0.25, 0.3) is 0 Å². The first-order valence-electron chi connectivity index (χ1n) is 7.46. The second kappa shape index (κ2) is 6.15. The molecule has 21 heavy (non-hydrogen) atoms. The Hall–Kier alpha value is -1.40. The van der Waals surface area contributed by atoms with E-state index in [0.717, 1.165) is 17.0 Å². The Balaban J connectivity index is 1.88. The van der Waals surface area contributed by atoms with Gasteiger partial charge >= 0.3 is 0 Å². The molecule has 1 aliphatic heterocycles. The molecule has 0 radical (unpaired) electrons. The Morgan fingerprint density at radius 2 is 2.19 bits per heavy atom. The lowest BCUT2D eigenvalue weighted by Gasteiger charge is -2.26. The predicted molar refractivity (Wildman–Crippen MR) is 81.1 cm³/mol. The molecule has 118 valence electrons. The highest BCUT2D eigenvalue weighted by atomic mass is 16.3. The minimum atomic E-state index is -0.763. The number of rotatable bonds is 5. The van der Waals surface area contributed by atoms with E-state index in [4.69, 9.17) is 0 Å². The molecule has 1 atom stereocenters. The van der Waals surface area contributed by atoms with Crippen molar-refractivity contribution in [3.63, 3.8) is 0 Å². The number of β-amino-alcohol motifs (C(OH)–C–C–N with tert-alkyl or cyclic N) is 1. The number of H-pyrrole nitrogens is 1. The molecule has 1 aromatic heterocycles. The van der Waals surface area contributed by atoms with Crippen LogP contribution in [0.4, 0.5) is 0 Å². The fraction of sp³-hybridized carbons (Fsp3) is 0.733. The van der Waals surface area contributed by atoms with Crippen LogP contribution in [0, 0.1) is 13.8 Å². The van der Waals surface area contributed by atoms with Gasteiger partial charge in [0.1, 0.15) is 0 Å². The van der Waals surface area contributed by atoms with E-state index < -0.39 is 5.60 Å². The zero-order valence-corrected chi connectivity index (χ0v) is 13.4. The quantitative estimate of drug-likeness (QED) is 0.829. The molecule has 1 amide bonds. The van der Waals surface area contributed by atoms with Gasteiger partial charge in [-0.3, -0.25) is 9.89 Å². The summed E-state index contributed by atoms with van der Waals surface area (Å²) in [6.07, 6.45) is 1.83. The molecule has 0 spiro atoms. The Morgan fingerprint density at radius 1 is 1.48 bits per heavy atom. The molecular formula is C15H26N4O2. The number of hydrogen-bond acceptors (Lipinski definition) is 4. The maximum Gasteiger partial charge on any atom is 0.223 e. The molecule has 0 saturated carbocycles. The average Bonchev–Trinajstić information content (AvgIpc) is 2.91. The molecule has 0 aromatic carbocycles. The van der Waals surface area contributed by atoms with Gasteiger partial charge in [-0.05, 0) is 46.3 Å². The summed E-state index contributed by atoms with van der Waals surface area (Å²) in [4.78, 5) is 16.1. The van der Waals surface area contributed by atoms with Crippen molar-refractivity contribution in [1.29, 1.82) is 0 Å². The molecule has 0 aliphatic carbocycles. The number of aromatic amines is 1. The van der Waals surface area contributed by atoms with Crippen LogP contribution in [0.3, 0.4) is 0 Å². The summed E-state index contributed by atoms with van der Waals surface area (Å²) in [5.41, 5.74) is 2.36. The fourth-order valence-corrected chi connectivity index (χ4v) is 3.12. The number of amides is 1. The first-order valence-corrected chi connectivity index (χ1v) is 7.46. The molecule has 1 aromatic rings. The van der Waals surface area contributed by atoms with E-state index in [1.165, 1.54) is 0 Å². The minimum absolute atomic E-state index is 0.115. The third kappa shape index (κ3) is 3.83. The van der Waals surface area contributed by atoms with Gasteiger partial charge in [0.15, 0.2) is 0 Å². The highest BCUT2D eigenvalue weighted by Crippen LogP contribution is 2.23. The van der Waals surface area contributed by atoms with Crippen molar-refractivity contribution < 1.29 is 9.90 Å². The molecule has 2 rings (SSSR count). The Bertz CT molecular complexity index is 492. The van der Waals surface area contributed by atoms with E-state index in [9.17, 15) is 9.90 Å². The van der Waals surface area contributed by atoms with Crippen LogP contribution >= 0.6 is 0 Å². The van der Waals surface area contributed by atoms with Crippen LogP contribution in [-0.2, 0) is 11.2 Å². The smallest absolute Gasteiger partial charge is 0.223 e. The first-order chi connectivity index (χ1) is 9.81. The Kier molecular flexibility index (Phi) is 4.68. The van der Waals surface area contributed by atoms with Crippen molar-refractivity contribution in [3.8, 4) is 0 Å². The number of carbonyl (C=O) groups excluding carboxylic acids is 1. The monoisotopic (exact) mass is 294 g/mol. The molecule has 1 aliphatic rings. The summed E-state index contributed by atoms with van der Waals surface area (Å²) in [7, 11) is 3.87. The van der Waals surface area contributed by atoms with Crippen LogP contribution in [0.15, 0.2) is 0 Å². The van der Waals surface area contributed by atoms with Crippen molar-refractivity contribution >= 4 is 5.91 Å². The van der Waals surface area contributed by atoms with Crippen LogP contribution in [-0.4, -0.2) is 70.3 Å². The third-order valence-corrected chi connectivity index (χ3v) is 4.17. The van der Waals surface area contributed by atoms with Crippen molar-refractivity contribution in [2.45, 2.75) is 38.7 Å². The molecular weight excluding hydrogens is 268 g/mol. The molecule has 0 bridgehead atoms. The summed E-state index contributed by atoms with van der Waals surface area (Å²) in [6, 6.07) is 0. The van der Waals surface area contributed by atoms with E-state index in [1.54, 1.807) is 4.90 Å². The number of likely N-dealkylation sites (N-methyl/N-ethyl adjacent to an activating group) is 1. The molecule has 2 N–H and O–H groups in total. The Labute approximate surface area is 126 Å². The normalized spacial score (nSPS) is 22.3. The summed E-state index contributed by atoms with van der Waals surface area (Å²) >= 11 is 0. The van der Waals surface area contributed by atoms with Crippen LogP contribution in [0.5, 0.6) is 0 Å². The summed E-state index contributed by atoms with van der Waals surface area (Å²) in [5, 5.41) is 17.6. The molecule has 2 heterocycles. The fourth-order valence-electron chi connectivity index (χ4n) is 3.12. The van der Waals surface area contributed by atoms with Crippen LogP contribution in [0.2, 0.25) is 0 Å². The number of likely N-dealkylation sites (tertiary alicyclic amines) is 1. The van der Waals surface area contributed by atoms with Gasteiger partial charge in [0.2, 0.25) is 5.91 Å². The first kappa shape index (κ1) is 16.0. The zero-order valence-electron chi connectivity index (χ0n) is 13.4. The van der Waals surface area contributed by atoms with Crippen LogP contribution < -0.4 is 0 Å². The summed E-state index contributed by atoms with van der Waals surface area (Å²) in [6.45, 7) is 5.61. The number of nitrogens with one attached hydrogen (secondary N) is 1. The largest absolute Gasteiger partial charge is 0.387 e. The number of aryl methyl sites for hydroxylation is 2. The number of nitrogens with zero attached hydrogens (tertiary/aromatic N) is 3. The summed E-state index contributed by atoms with van der Waals surface area (Å²) < 4.78 is 0. The van der Waals surface area contributed by atoms with E-state index in [0.29, 0.717) is 38.9 Å². The molecule has 1 fully saturated rings. The topological polar surface area (TPSA) is 72.5 Å². The van der Waals surface area contributed by atoms with Gasteiger partial charge in [-0.15, -0.1) is 0 Å². The lowest BCUT2D eigenvalue weighted by atomic mass is 10.0.